The molecule has 0 bridgehead atoms. The summed E-state index contributed by atoms with van der Waals surface area (Å²) in [6.45, 7) is -5.30. The maximum Gasteiger partial charge on any atom is 0.405 e. The van der Waals surface area contributed by atoms with E-state index < -0.39 is 64.7 Å². The van der Waals surface area contributed by atoms with E-state index in [0.717, 1.165) is 6.33 Å². The van der Waals surface area contributed by atoms with E-state index >= 15 is 4.39 Å². The van der Waals surface area contributed by atoms with E-state index in [1.165, 1.54) is 28.1 Å². The number of anilines is 2. The Morgan fingerprint density at radius 2 is 1.61 bits per heavy atom. The van der Waals surface area contributed by atoms with Gasteiger partial charge in [-0.25, -0.2) is 38.7 Å². The van der Waals surface area contributed by atoms with Crippen molar-refractivity contribution in [1.29, 1.82) is 0 Å². The lowest BCUT2D eigenvalue weighted by Gasteiger charge is -2.20. The summed E-state index contributed by atoms with van der Waals surface area (Å²) in [5.74, 6) is 0.149. The zero-order valence-electron chi connectivity index (χ0n) is 22.1. The Balaban J connectivity index is 1.13. The molecule has 2 aliphatic rings. The molecule has 6 rings (SSSR count). The second kappa shape index (κ2) is 12.3. The average molecular weight is 677 g/mol. The highest BCUT2D eigenvalue weighted by Crippen LogP contribution is 2.54. The van der Waals surface area contributed by atoms with Crippen molar-refractivity contribution < 1.29 is 41.0 Å². The van der Waals surface area contributed by atoms with Gasteiger partial charge in [0, 0.05) is 11.4 Å². The first-order valence-corrected chi connectivity index (χ1v) is 16.6. The minimum atomic E-state index is -4.23. The van der Waals surface area contributed by atoms with Crippen molar-refractivity contribution in [1.82, 2.24) is 39.0 Å². The van der Waals surface area contributed by atoms with Crippen LogP contribution in [-0.2, 0) is 32.2 Å². The highest BCUT2D eigenvalue weighted by atomic mass is 32.7. The zero-order valence-corrected chi connectivity index (χ0v) is 24.9. The monoisotopic (exact) mass is 677 g/mol. The number of nitrogens with two attached hydrogens (primary N) is 2. The summed E-state index contributed by atoms with van der Waals surface area (Å²) in [7, 11) is -3.48. The van der Waals surface area contributed by atoms with Crippen LogP contribution in [0.15, 0.2) is 30.3 Å². The van der Waals surface area contributed by atoms with Gasteiger partial charge in [-0.1, -0.05) is 12.2 Å². The number of nitroso groups, excluding NO2 is 1. The van der Waals surface area contributed by atoms with E-state index in [-0.39, 0.29) is 47.0 Å². The van der Waals surface area contributed by atoms with E-state index in [1.807, 2.05) is 0 Å². The van der Waals surface area contributed by atoms with Crippen LogP contribution in [-0.4, -0.2) is 82.9 Å². The van der Waals surface area contributed by atoms with Crippen molar-refractivity contribution in [2.45, 2.75) is 49.5 Å². The fourth-order valence-electron chi connectivity index (χ4n) is 4.86. The molecule has 19 nitrogen and oxygen atoms in total. The highest BCUT2D eigenvalue weighted by molar-refractivity contribution is 8.45. The van der Waals surface area contributed by atoms with Gasteiger partial charge >= 0.3 is 15.0 Å². The molecule has 24 heteroatoms. The molecule has 4 aromatic heterocycles. The summed E-state index contributed by atoms with van der Waals surface area (Å²) in [5, 5.41) is 0. The highest BCUT2D eigenvalue weighted by Gasteiger charge is 2.49. The summed E-state index contributed by atoms with van der Waals surface area (Å²) in [6, 6.07) is 0. The van der Waals surface area contributed by atoms with E-state index in [4.69, 9.17) is 34.5 Å². The summed E-state index contributed by atoms with van der Waals surface area (Å²) < 4.78 is 85.2. The first-order chi connectivity index (χ1) is 21.1. The molecule has 0 amide bonds. The lowest BCUT2D eigenvalue weighted by Crippen LogP contribution is -2.32. The largest absolute Gasteiger partial charge is 0.405 e. The second-order valence-corrected chi connectivity index (χ2v) is 13.5. The van der Waals surface area contributed by atoms with Crippen LogP contribution >= 0.6 is 27.2 Å². The predicted octanol–water partition coefficient (Wildman–Crippen LogP) is 2.30. The molecule has 44 heavy (non-hydrogen) atoms. The van der Waals surface area contributed by atoms with Crippen LogP contribution in [0.4, 0.5) is 20.4 Å². The molecule has 0 saturated carbocycles. The molecule has 1 unspecified atom stereocenters. The minimum Gasteiger partial charge on any atom is -0.382 e. The number of alkyl halides is 2. The number of hydrogen-bond donors (Lipinski definition) is 3. The molecule has 0 spiro atoms. The fourth-order valence-corrected chi connectivity index (χ4v) is 6.34. The summed E-state index contributed by atoms with van der Waals surface area (Å²) in [4.78, 5) is 37.0. The van der Waals surface area contributed by atoms with E-state index in [2.05, 4.69) is 47.1 Å². The normalized spacial score (nSPS) is 29.3. The number of nitrogens with zero attached hydrogens (tertiary/aromatic N) is 9. The molecule has 9 atom stereocenters. The minimum absolute atomic E-state index is 0.0341. The van der Waals surface area contributed by atoms with Crippen molar-refractivity contribution in [3.8, 4) is 0 Å². The van der Waals surface area contributed by atoms with Crippen molar-refractivity contribution in [2.24, 2.45) is 4.95 Å². The number of rotatable bonds is 11. The molecular formula is C20H23F2N11O8P2S. The van der Waals surface area contributed by atoms with E-state index in [1.54, 1.807) is 0 Å². The van der Waals surface area contributed by atoms with Gasteiger partial charge in [0.15, 0.2) is 41.6 Å². The van der Waals surface area contributed by atoms with Crippen molar-refractivity contribution >= 4 is 61.2 Å². The third kappa shape index (κ3) is 5.91. The van der Waals surface area contributed by atoms with Crippen LogP contribution in [0.2, 0.25) is 0 Å². The molecule has 4 N–H and O–H groups in total. The number of imidazole rings is 2. The van der Waals surface area contributed by atoms with Gasteiger partial charge in [-0.2, -0.15) is 0 Å². The Morgan fingerprint density at radius 3 is 2.23 bits per heavy atom. The smallest absolute Gasteiger partial charge is 0.382 e. The molecule has 0 aliphatic carbocycles. The van der Waals surface area contributed by atoms with Crippen LogP contribution in [0, 0.1) is 4.91 Å². The quantitative estimate of drug-likeness (QED) is 0.117. The number of aromatic nitrogens is 8. The maximum absolute atomic E-state index is 15.8. The van der Waals surface area contributed by atoms with Crippen LogP contribution in [0.1, 0.15) is 18.9 Å². The van der Waals surface area contributed by atoms with Gasteiger partial charge in [0.1, 0.15) is 42.1 Å². The molecule has 2 aliphatic heterocycles. The number of halogens is 2. The number of ether oxygens (including phenoxy) is 2. The topological polar surface area (TPSA) is 249 Å². The van der Waals surface area contributed by atoms with Gasteiger partial charge in [0.2, 0.25) is 0 Å². The molecule has 0 aromatic carbocycles. The summed E-state index contributed by atoms with van der Waals surface area (Å²) in [6.07, 6.45) is -5.27. The van der Waals surface area contributed by atoms with E-state index in [0.29, 0.717) is 0 Å². The molecule has 0 radical (unpaired) electrons. The lowest BCUT2D eigenvalue weighted by molar-refractivity contribution is -0.0417. The molecule has 4 aromatic rings. The van der Waals surface area contributed by atoms with Gasteiger partial charge in [-0.05, 0) is 0 Å². The summed E-state index contributed by atoms with van der Waals surface area (Å²) >= 11 is 3.54. The SMILES string of the molecule is Nc1ncnc2c1ncn2[C@@H]1O[C@H](CO[P@@](=O)(S)N=O)[C@@H](O[PH](=O)OC[C@@H]2C[C@H](F)[C@H](n3cnc4c(N)ncnc43)O2)[C@@H]1F. The maximum atomic E-state index is 15.8. The van der Waals surface area contributed by atoms with E-state index in [9.17, 15) is 18.4 Å². The number of fused-ring (bicyclic) bond motifs is 2. The molecule has 6 heterocycles. The van der Waals surface area contributed by atoms with Crippen molar-refractivity contribution in [3.05, 3.63) is 30.2 Å². The summed E-state index contributed by atoms with van der Waals surface area (Å²) in [5.41, 5.74) is 12.4. The van der Waals surface area contributed by atoms with Crippen LogP contribution in [0.5, 0.6) is 0 Å². The molecular weight excluding hydrogens is 654 g/mol. The Labute approximate surface area is 250 Å². The third-order valence-corrected chi connectivity index (χ3v) is 8.97. The van der Waals surface area contributed by atoms with Crippen LogP contribution in [0.3, 0.4) is 0 Å². The van der Waals surface area contributed by atoms with Gasteiger partial charge in [0.05, 0.1) is 32.0 Å². The number of thiol groups is 1. The standard InChI is InChI=1S/C20H23F2N11O8P2S/c21-9-1-8(39-19(9)32-6-29-12-15(23)25-4-27-17(12)32)2-37-42(35)41-14-10(3-38-43(36,44)31-34)40-20(11(14)22)33-7-30-13-16(24)26-5-28-18(13)33/h4-11,14,19-20,42H,1-3H2,(H,36,44)(H2,23,25,27)(H2,24,26,28)/t8-,9-,10+,11-,14+,19+,20+,43+/m0/s1. The van der Waals surface area contributed by atoms with Gasteiger partial charge in [-0.3, -0.25) is 22.8 Å². The second-order valence-electron chi connectivity index (χ2n) is 9.59. The Bertz CT molecular complexity index is 1770. The lowest BCUT2D eigenvalue weighted by atomic mass is 10.1. The number of nitrogen functional groups attached to an aromatic ring is 2. The van der Waals surface area contributed by atoms with Crippen molar-refractivity contribution in [2.75, 3.05) is 24.7 Å². The number of hydrogen-bond acceptors (Lipinski definition) is 16. The first-order valence-electron chi connectivity index (χ1n) is 12.7. The Kier molecular flexibility index (Phi) is 8.59. The van der Waals surface area contributed by atoms with Crippen molar-refractivity contribution in [3.63, 3.8) is 0 Å². The first kappa shape index (κ1) is 30.8. The molecule has 2 saturated heterocycles. The van der Waals surface area contributed by atoms with Gasteiger partial charge < -0.3 is 30.0 Å². The third-order valence-electron chi connectivity index (χ3n) is 6.85. The molecule has 2 fully saturated rings. The average Bonchev–Trinajstić information content (AvgIpc) is 3.77. The Morgan fingerprint density at radius 1 is 1.00 bits per heavy atom. The van der Waals surface area contributed by atoms with Gasteiger partial charge in [-0.15, -0.1) is 4.91 Å². The van der Waals surface area contributed by atoms with Crippen LogP contribution in [0.25, 0.3) is 22.3 Å². The van der Waals surface area contributed by atoms with Crippen LogP contribution < -0.4 is 11.5 Å². The zero-order chi connectivity index (χ0) is 31.2. The Hall–Kier alpha value is -3.23. The molecule has 236 valence electrons. The van der Waals surface area contributed by atoms with Gasteiger partial charge in [0.25, 0.3) is 0 Å². The predicted molar refractivity (Wildman–Crippen MR) is 150 cm³/mol. The fraction of sp³-hybridized carbons (Fsp3) is 0.500.